The minimum Gasteiger partial charge on any atom is -0.491 e. The van der Waals surface area contributed by atoms with Gasteiger partial charge < -0.3 is 14.2 Å². The van der Waals surface area contributed by atoms with Crippen molar-refractivity contribution in [3.63, 3.8) is 0 Å². The van der Waals surface area contributed by atoms with Crippen molar-refractivity contribution in [2.24, 2.45) is 0 Å². The Morgan fingerprint density at radius 3 is 1.30 bits per heavy atom. The van der Waals surface area contributed by atoms with E-state index in [0.717, 1.165) is 45.5 Å². The first kappa shape index (κ1) is 32.2. The van der Waals surface area contributed by atoms with Crippen LogP contribution >= 0.6 is 0 Å². The maximum absolute atomic E-state index is 13.0. The summed E-state index contributed by atoms with van der Waals surface area (Å²) in [4.78, 5) is 23.8. The standard InChI is InChI=1S/C38H31F3O5/c1-26(42)45-24-22-44-23-25-46-36-20-16-34(17-21-36)37(43)33-12-10-31(11-13-33)29-4-2-27(3-5-29)28-6-8-30(9-7-28)32-14-18-35(19-15-32)38(39,40)41/h2-21H,22-25H2,1H3. The van der Waals surface area contributed by atoms with Crippen LogP contribution in [0, 0.1) is 0 Å². The van der Waals surface area contributed by atoms with Gasteiger partial charge in [-0.2, -0.15) is 13.2 Å². The summed E-state index contributed by atoms with van der Waals surface area (Å²) < 4.78 is 54.4. The van der Waals surface area contributed by atoms with E-state index in [-0.39, 0.29) is 18.4 Å². The minimum absolute atomic E-state index is 0.0954. The SMILES string of the molecule is CC(=O)OCCOCCOc1ccc(C(=O)c2ccc(-c3ccc(-c4ccc(-c5ccc(C(F)(F)F)cc5)cc4)cc3)cc2)cc1. The Bertz CT molecular complexity index is 1740. The number of halogens is 3. The first-order valence-electron chi connectivity index (χ1n) is 14.6. The van der Waals surface area contributed by atoms with E-state index in [1.54, 1.807) is 24.3 Å². The van der Waals surface area contributed by atoms with Crippen molar-refractivity contribution in [1.29, 1.82) is 0 Å². The Balaban J connectivity index is 1.14. The zero-order chi connectivity index (χ0) is 32.5. The molecule has 0 fully saturated rings. The number of ketones is 1. The van der Waals surface area contributed by atoms with Crippen LogP contribution in [0.25, 0.3) is 33.4 Å². The van der Waals surface area contributed by atoms with Crippen LogP contribution in [0.2, 0.25) is 0 Å². The lowest BCUT2D eigenvalue weighted by Crippen LogP contribution is -2.12. The number of esters is 1. The molecule has 0 saturated heterocycles. The van der Waals surface area contributed by atoms with Gasteiger partial charge in [-0.25, -0.2) is 0 Å². The van der Waals surface area contributed by atoms with Crippen LogP contribution in [-0.2, 0) is 20.4 Å². The molecule has 0 radical (unpaired) electrons. The van der Waals surface area contributed by atoms with E-state index < -0.39 is 11.7 Å². The zero-order valence-electron chi connectivity index (χ0n) is 25.1. The maximum Gasteiger partial charge on any atom is 0.416 e. The molecule has 0 heterocycles. The summed E-state index contributed by atoms with van der Waals surface area (Å²) in [5.74, 6) is 0.179. The maximum atomic E-state index is 13.0. The number of rotatable bonds is 12. The molecule has 5 rings (SSSR count). The molecule has 0 bridgehead atoms. The monoisotopic (exact) mass is 624 g/mol. The van der Waals surface area contributed by atoms with Gasteiger partial charge in [0.1, 0.15) is 19.0 Å². The summed E-state index contributed by atoms with van der Waals surface area (Å²) >= 11 is 0. The Morgan fingerprint density at radius 2 is 0.891 bits per heavy atom. The van der Waals surface area contributed by atoms with E-state index in [0.29, 0.717) is 36.7 Å². The summed E-state index contributed by atoms with van der Waals surface area (Å²) in [7, 11) is 0. The summed E-state index contributed by atoms with van der Waals surface area (Å²) in [6.45, 7) is 2.52. The number of carbonyl (C=O) groups excluding carboxylic acids is 2. The predicted octanol–water partition coefficient (Wildman–Crippen LogP) is 8.90. The van der Waals surface area contributed by atoms with E-state index >= 15 is 0 Å². The topological polar surface area (TPSA) is 61.8 Å². The zero-order valence-corrected chi connectivity index (χ0v) is 25.1. The fourth-order valence-corrected chi connectivity index (χ4v) is 4.81. The van der Waals surface area contributed by atoms with Crippen molar-refractivity contribution in [2.45, 2.75) is 13.1 Å². The van der Waals surface area contributed by atoms with Gasteiger partial charge in [0, 0.05) is 18.1 Å². The van der Waals surface area contributed by atoms with Gasteiger partial charge in [-0.1, -0.05) is 84.9 Å². The van der Waals surface area contributed by atoms with Crippen molar-refractivity contribution in [1.82, 2.24) is 0 Å². The molecule has 0 atom stereocenters. The molecule has 46 heavy (non-hydrogen) atoms. The Morgan fingerprint density at radius 1 is 0.522 bits per heavy atom. The molecule has 0 N–H and O–H groups in total. The van der Waals surface area contributed by atoms with E-state index in [1.165, 1.54) is 19.1 Å². The molecule has 0 amide bonds. The quantitative estimate of drug-likeness (QED) is 0.0788. The Hall–Kier alpha value is -5.21. The fourth-order valence-electron chi connectivity index (χ4n) is 4.81. The van der Waals surface area contributed by atoms with Crippen LogP contribution in [0.15, 0.2) is 121 Å². The summed E-state index contributed by atoms with van der Waals surface area (Å²) in [6, 6.07) is 35.3. The third-order valence-corrected chi connectivity index (χ3v) is 7.28. The molecule has 5 aromatic rings. The average molecular weight is 625 g/mol. The molecule has 0 aromatic heterocycles. The van der Waals surface area contributed by atoms with Crippen LogP contribution < -0.4 is 4.74 Å². The van der Waals surface area contributed by atoms with Gasteiger partial charge in [-0.05, 0) is 69.8 Å². The second-order valence-corrected chi connectivity index (χ2v) is 10.5. The molecule has 0 aliphatic heterocycles. The summed E-state index contributed by atoms with van der Waals surface area (Å²) in [5.41, 5.74) is 5.98. The van der Waals surface area contributed by atoms with Crippen molar-refractivity contribution < 1.29 is 37.0 Å². The highest BCUT2D eigenvalue weighted by Crippen LogP contribution is 2.32. The molecule has 8 heteroatoms. The summed E-state index contributed by atoms with van der Waals surface area (Å²) in [5, 5.41) is 0. The second kappa shape index (κ2) is 14.7. The molecule has 0 saturated carbocycles. The predicted molar refractivity (Wildman–Crippen MR) is 171 cm³/mol. The van der Waals surface area contributed by atoms with E-state index in [2.05, 4.69) is 0 Å². The first-order chi connectivity index (χ1) is 22.2. The molecule has 0 aliphatic carbocycles. The van der Waals surface area contributed by atoms with Gasteiger partial charge in [0.15, 0.2) is 5.78 Å². The van der Waals surface area contributed by atoms with Gasteiger partial charge in [0.25, 0.3) is 0 Å². The lowest BCUT2D eigenvalue weighted by Gasteiger charge is -2.09. The molecular weight excluding hydrogens is 593 g/mol. The number of hydrogen-bond acceptors (Lipinski definition) is 5. The van der Waals surface area contributed by atoms with Gasteiger partial charge >= 0.3 is 12.1 Å². The van der Waals surface area contributed by atoms with Crippen molar-refractivity contribution >= 4 is 11.8 Å². The van der Waals surface area contributed by atoms with Gasteiger partial charge in [-0.15, -0.1) is 0 Å². The Labute approximate surface area is 265 Å². The molecular formula is C38H31F3O5. The summed E-state index contributed by atoms with van der Waals surface area (Å²) in [6.07, 6.45) is -4.36. The highest BCUT2D eigenvalue weighted by molar-refractivity contribution is 6.09. The first-order valence-corrected chi connectivity index (χ1v) is 14.6. The second-order valence-electron chi connectivity index (χ2n) is 10.5. The lowest BCUT2D eigenvalue weighted by molar-refractivity contribution is -0.142. The number of hydrogen-bond donors (Lipinski definition) is 0. The van der Waals surface area contributed by atoms with Gasteiger partial charge in [-0.3, -0.25) is 9.59 Å². The minimum atomic E-state index is -4.36. The number of ether oxygens (including phenoxy) is 3. The van der Waals surface area contributed by atoms with Crippen LogP contribution in [0.4, 0.5) is 13.2 Å². The number of alkyl halides is 3. The van der Waals surface area contributed by atoms with Crippen LogP contribution in [0.5, 0.6) is 5.75 Å². The molecule has 0 aliphatic rings. The average Bonchev–Trinajstić information content (AvgIpc) is 3.07. The molecule has 5 nitrogen and oxygen atoms in total. The van der Waals surface area contributed by atoms with Crippen LogP contribution in [0.1, 0.15) is 28.4 Å². The van der Waals surface area contributed by atoms with Gasteiger partial charge in [0.2, 0.25) is 0 Å². The largest absolute Gasteiger partial charge is 0.491 e. The van der Waals surface area contributed by atoms with Crippen LogP contribution in [-0.4, -0.2) is 38.2 Å². The Kier molecular flexibility index (Phi) is 10.3. The number of benzene rings is 5. The highest BCUT2D eigenvalue weighted by atomic mass is 19.4. The van der Waals surface area contributed by atoms with Crippen molar-refractivity contribution in [3.8, 4) is 39.1 Å². The molecule has 0 spiro atoms. The number of carbonyl (C=O) groups is 2. The molecule has 5 aromatic carbocycles. The third-order valence-electron chi connectivity index (χ3n) is 7.28. The van der Waals surface area contributed by atoms with Gasteiger partial charge in [0.05, 0.1) is 18.8 Å². The fraction of sp³-hybridized carbons (Fsp3) is 0.158. The normalized spacial score (nSPS) is 11.2. The van der Waals surface area contributed by atoms with Crippen molar-refractivity contribution in [3.05, 3.63) is 138 Å². The molecule has 234 valence electrons. The van der Waals surface area contributed by atoms with Crippen LogP contribution in [0.3, 0.4) is 0 Å². The van der Waals surface area contributed by atoms with E-state index in [4.69, 9.17) is 14.2 Å². The highest BCUT2D eigenvalue weighted by Gasteiger charge is 2.30. The smallest absolute Gasteiger partial charge is 0.416 e. The van der Waals surface area contributed by atoms with E-state index in [9.17, 15) is 22.8 Å². The lowest BCUT2D eigenvalue weighted by atomic mass is 9.96. The van der Waals surface area contributed by atoms with E-state index in [1.807, 2.05) is 72.8 Å². The third kappa shape index (κ3) is 8.49. The molecule has 0 unspecified atom stereocenters. The van der Waals surface area contributed by atoms with Crippen molar-refractivity contribution in [2.75, 3.05) is 26.4 Å².